The normalized spacial score (nSPS) is 13.0. The van der Waals surface area contributed by atoms with Crippen molar-refractivity contribution >= 4 is 44.6 Å². The molecule has 5 rings (SSSR count). The van der Waals surface area contributed by atoms with Crippen LogP contribution in [0.15, 0.2) is 65.7 Å². The van der Waals surface area contributed by atoms with Crippen molar-refractivity contribution in [3.8, 4) is 11.5 Å². The number of methoxy groups -OCH3 is 1. The van der Waals surface area contributed by atoms with Crippen LogP contribution in [0.25, 0.3) is 10.9 Å². The largest absolute Gasteiger partial charge is 0.497 e. The van der Waals surface area contributed by atoms with Gasteiger partial charge in [0.1, 0.15) is 23.7 Å². The summed E-state index contributed by atoms with van der Waals surface area (Å²) in [7, 11) is 0.645. The Balaban J connectivity index is 1.61. The molecule has 3 aromatic carbocycles. The number of pyridine rings is 1. The van der Waals surface area contributed by atoms with Crippen LogP contribution in [0.3, 0.4) is 0 Å². The Kier molecular flexibility index (Phi) is 8.55. The van der Waals surface area contributed by atoms with Gasteiger partial charge in [0.25, 0.3) is 5.91 Å². The number of carbonyl (C=O) groups excluding carboxylic acids is 1. The van der Waals surface area contributed by atoms with Gasteiger partial charge in [0.15, 0.2) is 5.75 Å². The van der Waals surface area contributed by atoms with E-state index in [9.17, 15) is 17.6 Å². The summed E-state index contributed by atoms with van der Waals surface area (Å²) in [6.45, 7) is 0.302. The van der Waals surface area contributed by atoms with E-state index in [0.29, 0.717) is 38.4 Å². The number of ether oxygens (including phenoxy) is 2. The number of anilines is 1. The van der Waals surface area contributed by atoms with Crippen molar-refractivity contribution in [2.24, 2.45) is 0 Å². The molecule has 220 valence electrons. The van der Waals surface area contributed by atoms with E-state index < -0.39 is 15.8 Å². The molecule has 10 nitrogen and oxygen atoms in total. The number of benzene rings is 3. The second kappa shape index (κ2) is 12.1. The SMILES string of the molecule is COOSc1cc(F)ccc1CN1Cc2c(c(OCc3ccc(OC)cc3)c3ncccc3c2N(C)S(C)(=O)=O)C1=O. The van der Waals surface area contributed by atoms with Gasteiger partial charge in [-0.15, -0.1) is 0 Å². The summed E-state index contributed by atoms with van der Waals surface area (Å²) in [5, 5.41) is 0.523. The van der Waals surface area contributed by atoms with Gasteiger partial charge in [-0.2, -0.15) is 4.33 Å². The van der Waals surface area contributed by atoms with Crippen LogP contribution in [0, 0.1) is 5.82 Å². The molecule has 0 unspecified atom stereocenters. The van der Waals surface area contributed by atoms with Crippen molar-refractivity contribution < 1.29 is 36.3 Å². The highest BCUT2D eigenvalue weighted by Crippen LogP contribution is 2.45. The molecule has 0 spiro atoms. The third-order valence-electron chi connectivity index (χ3n) is 6.88. The average molecular weight is 614 g/mol. The van der Waals surface area contributed by atoms with Crippen molar-refractivity contribution in [3.63, 3.8) is 0 Å². The summed E-state index contributed by atoms with van der Waals surface area (Å²) in [6.07, 6.45) is 2.66. The molecule has 0 radical (unpaired) electrons. The van der Waals surface area contributed by atoms with Gasteiger partial charge in [-0.1, -0.05) is 18.2 Å². The molecular weight excluding hydrogens is 585 g/mol. The van der Waals surface area contributed by atoms with Gasteiger partial charge in [-0.25, -0.2) is 17.7 Å². The minimum atomic E-state index is -3.71. The highest BCUT2D eigenvalue weighted by Gasteiger charge is 2.38. The van der Waals surface area contributed by atoms with Crippen LogP contribution < -0.4 is 13.8 Å². The van der Waals surface area contributed by atoms with Gasteiger partial charge in [-0.3, -0.25) is 14.1 Å². The smallest absolute Gasteiger partial charge is 0.258 e. The van der Waals surface area contributed by atoms with E-state index >= 15 is 0 Å². The standard InChI is InChI=1S/C29H28FN3O7S2/c1-32(42(4,35)36)27-22-6-5-13-31-26(22)28(39-17-18-7-11-21(37-2)12-8-18)25-23(27)16-33(29(25)34)15-19-9-10-20(30)14-24(19)41-40-38-3/h5-14H,15-17H2,1-4H3. The fourth-order valence-electron chi connectivity index (χ4n) is 4.80. The molecule has 0 aliphatic carbocycles. The van der Waals surface area contributed by atoms with Gasteiger partial charge >= 0.3 is 0 Å². The predicted molar refractivity (Wildman–Crippen MR) is 156 cm³/mol. The lowest BCUT2D eigenvalue weighted by molar-refractivity contribution is -0.160. The van der Waals surface area contributed by atoms with Gasteiger partial charge < -0.3 is 14.4 Å². The lowest BCUT2D eigenvalue weighted by atomic mass is 10.0. The van der Waals surface area contributed by atoms with Crippen molar-refractivity contribution in [3.05, 3.63) is 88.9 Å². The summed E-state index contributed by atoms with van der Waals surface area (Å²) in [5.74, 6) is 0.102. The number of sulfonamides is 1. The maximum Gasteiger partial charge on any atom is 0.258 e. The molecule has 1 aromatic heterocycles. The first kappa shape index (κ1) is 29.6. The molecular formula is C29H28FN3O7S2. The second-order valence-electron chi connectivity index (χ2n) is 9.53. The first-order chi connectivity index (χ1) is 20.1. The van der Waals surface area contributed by atoms with E-state index in [1.165, 1.54) is 26.3 Å². The van der Waals surface area contributed by atoms with Gasteiger partial charge in [0, 0.05) is 42.2 Å². The number of aromatic nitrogens is 1. The average Bonchev–Trinajstić information content (AvgIpc) is 3.29. The van der Waals surface area contributed by atoms with Crippen LogP contribution in [0.2, 0.25) is 0 Å². The van der Waals surface area contributed by atoms with Crippen molar-refractivity contribution in [2.45, 2.75) is 24.6 Å². The molecule has 1 aliphatic rings. The molecule has 13 heteroatoms. The van der Waals surface area contributed by atoms with E-state index in [1.807, 2.05) is 24.3 Å². The topological polar surface area (TPSA) is 108 Å². The highest BCUT2D eigenvalue weighted by atomic mass is 32.2. The first-order valence-corrected chi connectivity index (χ1v) is 15.3. The number of rotatable bonds is 11. The summed E-state index contributed by atoms with van der Waals surface area (Å²) in [4.78, 5) is 25.2. The molecule has 1 amide bonds. The Hall–Kier alpha value is -3.91. The monoisotopic (exact) mass is 613 g/mol. The van der Waals surface area contributed by atoms with Crippen molar-refractivity contribution in [1.82, 2.24) is 9.88 Å². The molecule has 0 fully saturated rings. The number of hydrogen-bond donors (Lipinski definition) is 0. The number of carbonyl (C=O) groups is 1. The van der Waals surface area contributed by atoms with Crippen LogP contribution in [-0.4, -0.2) is 51.7 Å². The maximum atomic E-state index is 14.1. The minimum absolute atomic E-state index is 0.0830. The lowest BCUT2D eigenvalue weighted by Gasteiger charge is -2.23. The van der Waals surface area contributed by atoms with Crippen LogP contribution in [0.4, 0.5) is 10.1 Å². The Morgan fingerprint density at radius 1 is 1.12 bits per heavy atom. The molecule has 42 heavy (non-hydrogen) atoms. The van der Waals surface area contributed by atoms with Gasteiger partial charge in [0.2, 0.25) is 10.0 Å². The number of halogens is 1. The summed E-state index contributed by atoms with van der Waals surface area (Å²) < 4.78 is 57.2. The van der Waals surface area contributed by atoms with E-state index in [-0.39, 0.29) is 36.9 Å². The highest BCUT2D eigenvalue weighted by molar-refractivity contribution is 7.94. The predicted octanol–water partition coefficient (Wildman–Crippen LogP) is 5.10. The molecule has 1 aliphatic heterocycles. The van der Waals surface area contributed by atoms with Gasteiger partial charge in [0.05, 0.1) is 43.8 Å². The zero-order valence-corrected chi connectivity index (χ0v) is 24.9. The van der Waals surface area contributed by atoms with Crippen molar-refractivity contribution in [1.29, 1.82) is 0 Å². The van der Waals surface area contributed by atoms with E-state index in [4.69, 9.17) is 13.8 Å². The third-order valence-corrected chi connectivity index (χ3v) is 8.82. The molecule has 0 bridgehead atoms. The Morgan fingerprint density at radius 2 is 1.88 bits per heavy atom. The fourth-order valence-corrected chi connectivity index (χ4v) is 5.88. The quantitative estimate of drug-likeness (QED) is 0.130. The number of amides is 1. The molecule has 2 heterocycles. The van der Waals surface area contributed by atoms with Crippen molar-refractivity contribution in [2.75, 3.05) is 31.8 Å². The Bertz CT molecular complexity index is 1750. The molecule has 0 saturated heterocycles. The van der Waals surface area contributed by atoms with Crippen LogP contribution in [0.5, 0.6) is 11.5 Å². The van der Waals surface area contributed by atoms with Crippen LogP contribution in [0.1, 0.15) is 27.0 Å². The zero-order valence-electron chi connectivity index (χ0n) is 23.3. The van der Waals surface area contributed by atoms with Crippen LogP contribution >= 0.6 is 12.0 Å². The molecule has 4 aromatic rings. The summed E-state index contributed by atoms with van der Waals surface area (Å²) >= 11 is 0.823. The summed E-state index contributed by atoms with van der Waals surface area (Å²) in [5.41, 5.74) is 2.87. The number of fused-ring (bicyclic) bond motifs is 2. The Labute approximate surface area is 247 Å². The first-order valence-electron chi connectivity index (χ1n) is 12.7. The zero-order chi connectivity index (χ0) is 30.0. The molecule has 0 atom stereocenters. The second-order valence-corrected chi connectivity index (χ2v) is 12.3. The lowest BCUT2D eigenvalue weighted by Crippen LogP contribution is -2.26. The minimum Gasteiger partial charge on any atom is -0.497 e. The molecule has 0 saturated carbocycles. The third kappa shape index (κ3) is 5.86. The van der Waals surface area contributed by atoms with Crippen LogP contribution in [-0.2, 0) is 38.9 Å². The van der Waals surface area contributed by atoms with E-state index in [0.717, 1.165) is 28.2 Å². The number of hydrogen-bond acceptors (Lipinski definition) is 9. The summed E-state index contributed by atoms with van der Waals surface area (Å²) in [6, 6.07) is 14.9. The van der Waals surface area contributed by atoms with E-state index in [2.05, 4.69) is 9.87 Å². The Morgan fingerprint density at radius 3 is 2.57 bits per heavy atom. The fraction of sp³-hybridized carbons (Fsp3) is 0.241. The van der Waals surface area contributed by atoms with E-state index in [1.54, 1.807) is 36.4 Å². The number of nitrogens with zero attached hydrogens (tertiary/aromatic N) is 3. The van der Waals surface area contributed by atoms with Gasteiger partial charge in [-0.05, 0) is 47.5 Å². The molecule has 0 N–H and O–H groups in total. The maximum absolute atomic E-state index is 14.1.